The highest BCUT2D eigenvalue weighted by molar-refractivity contribution is 7.98. The molecule has 0 saturated heterocycles. The van der Waals surface area contributed by atoms with Crippen LogP contribution in [0.1, 0.15) is 36.8 Å². The van der Waals surface area contributed by atoms with Crippen molar-refractivity contribution in [2.45, 2.75) is 51.9 Å². The van der Waals surface area contributed by atoms with Crippen molar-refractivity contribution in [3.8, 4) is 0 Å². The van der Waals surface area contributed by atoms with Gasteiger partial charge >= 0.3 is 0 Å². The van der Waals surface area contributed by atoms with Gasteiger partial charge in [0.05, 0.1) is 13.1 Å². The van der Waals surface area contributed by atoms with Crippen LogP contribution in [0.4, 0.5) is 0 Å². The molecule has 1 aliphatic rings. The second-order valence-corrected chi connectivity index (χ2v) is 6.60. The maximum absolute atomic E-state index is 5.98. The molecular weight excluding hydrogens is 256 g/mol. The van der Waals surface area contributed by atoms with Crippen LogP contribution in [0.5, 0.6) is 0 Å². The molecule has 1 aromatic rings. The van der Waals surface area contributed by atoms with E-state index in [-0.39, 0.29) is 0 Å². The summed E-state index contributed by atoms with van der Waals surface area (Å²) in [7, 11) is 2.17. The van der Waals surface area contributed by atoms with E-state index in [9.17, 15) is 0 Å². The molecule has 3 nitrogen and oxygen atoms in total. The molecule has 1 saturated carbocycles. The largest absolute Gasteiger partial charge is 0.463 e. The van der Waals surface area contributed by atoms with Gasteiger partial charge < -0.3 is 9.73 Å². The summed E-state index contributed by atoms with van der Waals surface area (Å²) in [5.41, 5.74) is 1.27. The van der Waals surface area contributed by atoms with Crippen molar-refractivity contribution in [2.75, 3.05) is 19.1 Å². The van der Waals surface area contributed by atoms with Crippen molar-refractivity contribution < 1.29 is 4.42 Å². The molecule has 1 unspecified atom stereocenters. The summed E-state index contributed by atoms with van der Waals surface area (Å²) in [6, 6.07) is 3.50. The van der Waals surface area contributed by atoms with Gasteiger partial charge in [0.1, 0.15) is 11.5 Å². The highest BCUT2D eigenvalue weighted by Crippen LogP contribution is 2.22. The van der Waals surface area contributed by atoms with Gasteiger partial charge in [-0.2, -0.15) is 11.8 Å². The number of nitrogens with one attached hydrogen (secondary N) is 1. The minimum Gasteiger partial charge on any atom is -0.463 e. The maximum Gasteiger partial charge on any atom is 0.120 e. The fourth-order valence-corrected chi connectivity index (χ4v) is 2.88. The Balaban J connectivity index is 1.87. The first kappa shape index (κ1) is 14.9. The second kappa shape index (κ2) is 6.82. The molecule has 19 heavy (non-hydrogen) atoms. The van der Waals surface area contributed by atoms with Crippen LogP contribution in [-0.2, 0) is 13.1 Å². The zero-order valence-electron chi connectivity index (χ0n) is 12.5. The van der Waals surface area contributed by atoms with Gasteiger partial charge in [0.15, 0.2) is 0 Å². The molecule has 1 aliphatic carbocycles. The van der Waals surface area contributed by atoms with Gasteiger partial charge in [0, 0.05) is 17.8 Å². The summed E-state index contributed by atoms with van der Waals surface area (Å²) in [6.07, 6.45) is 4.80. The Hall–Kier alpha value is -0.450. The quantitative estimate of drug-likeness (QED) is 0.793. The van der Waals surface area contributed by atoms with E-state index in [0.29, 0.717) is 6.04 Å². The Labute approximate surface area is 121 Å². The summed E-state index contributed by atoms with van der Waals surface area (Å²) in [6.45, 7) is 6.18. The Morgan fingerprint density at radius 2 is 2.26 bits per heavy atom. The molecular formula is C15H26N2OS. The number of hydrogen-bond donors (Lipinski definition) is 1. The SMILES string of the molecule is CSCC(C)N(C)Cc1cc(C)c(CNC2CC2)o1. The van der Waals surface area contributed by atoms with E-state index in [2.05, 4.69) is 43.4 Å². The maximum atomic E-state index is 5.98. The Morgan fingerprint density at radius 3 is 2.89 bits per heavy atom. The van der Waals surface area contributed by atoms with E-state index in [1.807, 2.05) is 11.8 Å². The summed E-state index contributed by atoms with van der Waals surface area (Å²) >= 11 is 1.89. The van der Waals surface area contributed by atoms with E-state index in [4.69, 9.17) is 4.42 Å². The van der Waals surface area contributed by atoms with E-state index in [1.54, 1.807) is 0 Å². The normalized spacial score (nSPS) is 17.1. The molecule has 4 heteroatoms. The molecule has 0 aromatic carbocycles. The number of aryl methyl sites for hydroxylation is 1. The zero-order chi connectivity index (χ0) is 13.8. The third-order valence-corrected chi connectivity index (χ3v) is 4.58. The molecule has 1 heterocycles. The van der Waals surface area contributed by atoms with Gasteiger partial charge in [-0.25, -0.2) is 0 Å². The summed E-state index contributed by atoms with van der Waals surface area (Å²) < 4.78 is 5.98. The van der Waals surface area contributed by atoms with Crippen molar-refractivity contribution >= 4 is 11.8 Å². The Morgan fingerprint density at radius 1 is 1.53 bits per heavy atom. The van der Waals surface area contributed by atoms with Gasteiger partial charge in [-0.15, -0.1) is 0 Å². The van der Waals surface area contributed by atoms with Crippen molar-refractivity contribution in [3.63, 3.8) is 0 Å². The van der Waals surface area contributed by atoms with Gasteiger partial charge in [0.2, 0.25) is 0 Å². The van der Waals surface area contributed by atoms with E-state index in [1.165, 1.54) is 18.4 Å². The first-order valence-corrected chi connectivity index (χ1v) is 8.50. The van der Waals surface area contributed by atoms with Crippen LogP contribution in [-0.4, -0.2) is 36.0 Å². The number of hydrogen-bond acceptors (Lipinski definition) is 4. The van der Waals surface area contributed by atoms with Crippen LogP contribution in [0.25, 0.3) is 0 Å². The predicted molar refractivity (Wildman–Crippen MR) is 82.6 cm³/mol. The number of rotatable bonds is 8. The minimum atomic E-state index is 0.577. The molecule has 1 aromatic heterocycles. The van der Waals surface area contributed by atoms with Gasteiger partial charge in [-0.3, -0.25) is 4.90 Å². The standard InChI is InChI=1S/C15H26N2OS/c1-11-7-14(9-17(3)12(2)10-19-4)18-15(11)8-16-13-5-6-13/h7,12-13,16H,5-6,8-10H2,1-4H3. The van der Waals surface area contributed by atoms with E-state index >= 15 is 0 Å². The van der Waals surface area contributed by atoms with Gasteiger partial charge in [-0.1, -0.05) is 0 Å². The number of furan rings is 1. The lowest BCUT2D eigenvalue weighted by atomic mass is 10.2. The average molecular weight is 282 g/mol. The monoisotopic (exact) mass is 282 g/mol. The fourth-order valence-electron chi connectivity index (χ4n) is 2.14. The van der Waals surface area contributed by atoms with Crippen LogP contribution in [0, 0.1) is 6.92 Å². The first-order chi connectivity index (χ1) is 9.10. The Bertz CT molecular complexity index is 401. The fraction of sp³-hybridized carbons (Fsp3) is 0.733. The van der Waals surface area contributed by atoms with Crippen molar-refractivity contribution in [3.05, 3.63) is 23.2 Å². The molecule has 0 radical (unpaired) electrons. The van der Waals surface area contributed by atoms with Crippen LogP contribution in [0.2, 0.25) is 0 Å². The van der Waals surface area contributed by atoms with Crippen molar-refractivity contribution in [1.29, 1.82) is 0 Å². The lowest BCUT2D eigenvalue weighted by Crippen LogP contribution is -2.30. The van der Waals surface area contributed by atoms with Crippen LogP contribution < -0.4 is 5.32 Å². The topological polar surface area (TPSA) is 28.4 Å². The third-order valence-electron chi connectivity index (χ3n) is 3.77. The molecule has 0 spiro atoms. The van der Waals surface area contributed by atoms with Crippen LogP contribution in [0.3, 0.4) is 0 Å². The summed E-state index contributed by atoms with van der Waals surface area (Å²) in [5.74, 6) is 3.35. The van der Waals surface area contributed by atoms with Crippen LogP contribution >= 0.6 is 11.8 Å². The van der Waals surface area contributed by atoms with Gasteiger partial charge in [0.25, 0.3) is 0 Å². The molecule has 1 atom stereocenters. The molecule has 0 aliphatic heterocycles. The number of nitrogens with zero attached hydrogens (tertiary/aromatic N) is 1. The minimum absolute atomic E-state index is 0.577. The molecule has 0 amide bonds. The Kier molecular flexibility index (Phi) is 5.37. The molecule has 0 bridgehead atoms. The smallest absolute Gasteiger partial charge is 0.120 e. The summed E-state index contributed by atoms with van der Waals surface area (Å²) in [4.78, 5) is 2.35. The highest BCUT2D eigenvalue weighted by atomic mass is 32.2. The van der Waals surface area contributed by atoms with Crippen LogP contribution in [0.15, 0.2) is 10.5 Å². The zero-order valence-corrected chi connectivity index (χ0v) is 13.3. The average Bonchev–Trinajstić information content (AvgIpc) is 3.12. The van der Waals surface area contributed by atoms with Crippen molar-refractivity contribution in [2.24, 2.45) is 0 Å². The molecule has 108 valence electrons. The first-order valence-electron chi connectivity index (χ1n) is 7.11. The van der Waals surface area contributed by atoms with E-state index in [0.717, 1.165) is 36.4 Å². The molecule has 2 rings (SSSR count). The summed E-state index contributed by atoms with van der Waals surface area (Å²) in [5, 5.41) is 3.51. The lowest BCUT2D eigenvalue weighted by Gasteiger charge is -2.22. The predicted octanol–water partition coefficient (Wildman–Crippen LogP) is 3.02. The van der Waals surface area contributed by atoms with E-state index < -0.39 is 0 Å². The van der Waals surface area contributed by atoms with Crippen molar-refractivity contribution in [1.82, 2.24) is 10.2 Å². The van der Waals surface area contributed by atoms with Gasteiger partial charge in [-0.05, 0) is 51.6 Å². The molecule has 1 fully saturated rings. The lowest BCUT2D eigenvalue weighted by molar-refractivity contribution is 0.244. The second-order valence-electron chi connectivity index (χ2n) is 5.69. The molecule has 1 N–H and O–H groups in total. The third kappa shape index (κ3) is 4.55. The highest BCUT2D eigenvalue weighted by Gasteiger charge is 2.21. The number of thioether (sulfide) groups is 1.